The minimum atomic E-state index is -4.10. The topological polar surface area (TPSA) is 182 Å². The van der Waals surface area contributed by atoms with Crippen molar-refractivity contribution in [2.45, 2.75) is 103 Å². The standard InChI is InChI=1S/C43H56N6O8S/c1-26-27(2)37(28(3)33-24-43(7,8)56-36(26)33)58(53,54)47-39(44)45-19-13-18-35(38(50)48-20-22-49(23-21-48)41(52)57-42(4,5)6)46-40(51)55-25-34-31-16-11-9-14-29(31)30-15-10-12-17-32(30)34/h9-12,14-17,34-35H,13,18-25H2,1-8H3,(H,46,51)(H3,44,45,47)/t35-/m0/s1. The predicted molar refractivity (Wildman–Crippen MR) is 221 cm³/mol. The van der Waals surface area contributed by atoms with Gasteiger partial charge >= 0.3 is 12.2 Å². The molecule has 2 aliphatic heterocycles. The molecule has 1 fully saturated rings. The lowest BCUT2D eigenvalue weighted by molar-refractivity contribution is -0.135. The number of aliphatic imine (C=N–C) groups is 1. The van der Waals surface area contributed by atoms with Gasteiger partial charge in [-0.2, -0.15) is 0 Å². The van der Waals surface area contributed by atoms with E-state index in [0.29, 0.717) is 17.5 Å². The number of amides is 3. The van der Waals surface area contributed by atoms with Gasteiger partial charge in [0, 0.05) is 50.6 Å². The van der Waals surface area contributed by atoms with E-state index in [4.69, 9.17) is 19.9 Å². The fourth-order valence-corrected chi connectivity index (χ4v) is 9.58. The van der Waals surface area contributed by atoms with Crippen LogP contribution in [0.2, 0.25) is 0 Å². The van der Waals surface area contributed by atoms with Crippen LogP contribution >= 0.6 is 0 Å². The highest BCUT2D eigenvalue weighted by Gasteiger charge is 2.37. The van der Waals surface area contributed by atoms with E-state index in [1.165, 1.54) is 0 Å². The fraction of sp³-hybridized carbons (Fsp3) is 0.488. The smallest absolute Gasteiger partial charge is 0.410 e. The van der Waals surface area contributed by atoms with E-state index >= 15 is 0 Å². The van der Waals surface area contributed by atoms with E-state index in [1.807, 2.05) is 57.2 Å². The maximum atomic E-state index is 14.0. The summed E-state index contributed by atoms with van der Waals surface area (Å²) in [4.78, 5) is 47.6. The van der Waals surface area contributed by atoms with E-state index in [2.05, 4.69) is 27.2 Å². The number of nitrogens with zero attached hydrogens (tertiary/aromatic N) is 3. The van der Waals surface area contributed by atoms with Crippen LogP contribution in [0.25, 0.3) is 11.1 Å². The molecular formula is C43H56N6O8S. The first-order valence-corrected chi connectivity index (χ1v) is 21.3. The molecule has 0 saturated carbocycles. The molecule has 0 aromatic heterocycles. The largest absolute Gasteiger partial charge is 0.487 e. The molecule has 3 aromatic carbocycles. The van der Waals surface area contributed by atoms with Crippen LogP contribution in [0.5, 0.6) is 5.75 Å². The Morgan fingerprint density at radius 3 is 2.12 bits per heavy atom. The summed E-state index contributed by atoms with van der Waals surface area (Å²) in [7, 11) is -4.10. The first kappa shape index (κ1) is 42.3. The number of guanidine groups is 1. The summed E-state index contributed by atoms with van der Waals surface area (Å²) in [6.45, 7) is 15.9. The molecule has 312 valence electrons. The number of fused-ring (bicyclic) bond motifs is 4. The average Bonchev–Trinajstić information content (AvgIpc) is 3.67. The van der Waals surface area contributed by atoms with Crippen LogP contribution in [0.3, 0.4) is 0 Å². The van der Waals surface area contributed by atoms with Crippen molar-refractivity contribution >= 4 is 34.1 Å². The van der Waals surface area contributed by atoms with Crippen molar-refractivity contribution in [3.8, 4) is 16.9 Å². The Morgan fingerprint density at radius 1 is 0.931 bits per heavy atom. The number of nitrogens with two attached hydrogens (primary N) is 1. The molecule has 0 unspecified atom stereocenters. The summed E-state index contributed by atoms with van der Waals surface area (Å²) in [6.07, 6.45) is -0.175. The molecular weight excluding hydrogens is 761 g/mol. The van der Waals surface area contributed by atoms with Crippen LogP contribution in [-0.2, 0) is 30.7 Å². The van der Waals surface area contributed by atoms with Crippen LogP contribution in [0.1, 0.15) is 86.8 Å². The summed E-state index contributed by atoms with van der Waals surface area (Å²) in [5, 5.41) is 2.78. The Balaban J connectivity index is 1.11. The first-order valence-electron chi connectivity index (χ1n) is 19.8. The third-order valence-electron chi connectivity index (χ3n) is 10.9. The van der Waals surface area contributed by atoms with Gasteiger partial charge in [0.2, 0.25) is 11.9 Å². The minimum absolute atomic E-state index is 0.0696. The molecule has 0 radical (unpaired) electrons. The Labute approximate surface area is 341 Å². The van der Waals surface area contributed by atoms with Gasteiger partial charge in [-0.1, -0.05) is 48.5 Å². The van der Waals surface area contributed by atoms with Gasteiger partial charge in [0.25, 0.3) is 10.0 Å². The highest BCUT2D eigenvalue weighted by molar-refractivity contribution is 7.90. The summed E-state index contributed by atoms with van der Waals surface area (Å²) >= 11 is 0. The number of carbonyl (C=O) groups is 3. The number of carbonyl (C=O) groups excluding carboxylic acids is 3. The van der Waals surface area contributed by atoms with Gasteiger partial charge in [0.05, 0.1) is 4.90 Å². The number of ether oxygens (including phenoxy) is 3. The molecule has 1 saturated heterocycles. The number of nitrogens with one attached hydrogen (secondary N) is 2. The number of hydrogen-bond acceptors (Lipinski definition) is 9. The van der Waals surface area contributed by atoms with Crippen molar-refractivity contribution in [3.63, 3.8) is 0 Å². The molecule has 0 spiro atoms. The second-order valence-corrected chi connectivity index (χ2v) is 18.5. The Kier molecular flexibility index (Phi) is 12.0. The summed E-state index contributed by atoms with van der Waals surface area (Å²) in [5.74, 6) is -0.0663. The van der Waals surface area contributed by atoms with E-state index in [0.717, 1.165) is 39.1 Å². The van der Waals surface area contributed by atoms with Crippen LogP contribution in [0.15, 0.2) is 58.4 Å². The number of alkyl carbamates (subject to hydrolysis) is 1. The van der Waals surface area contributed by atoms with Gasteiger partial charge in [-0.15, -0.1) is 0 Å². The molecule has 4 N–H and O–H groups in total. The minimum Gasteiger partial charge on any atom is -0.487 e. The van der Waals surface area contributed by atoms with Crippen LogP contribution in [0, 0.1) is 20.8 Å². The quantitative estimate of drug-likeness (QED) is 0.132. The molecule has 0 bridgehead atoms. The summed E-state index contributed by atoms with van der Waals surface area (Å²) in [6, 6.07) is 15.1. The molecule has 3 amide bonds. The lowest BCUT2D eigenvalue weighted by atomic mass is 9.94. The molecule has 1 atom stereocenters. The zero-order valence-corrected chi connectivity index (χ0v) is 35.5. The van der Waals surface area contributed by atoms with Gasteiger partial charge in [0.1, 0.15) is 29.6 Å². The van der Waals surface area contributed by atoms with Gasteiger partial charge < -0.3 is 35.1 Å². The molecule has 15 heteroatoms. The summed E-state index contributed by atoms with van der Waals surface area (Å²) < 4.78 is 47.3. The normalized spacial score (nSPS) is 16.8. The Morgan fingerprint density at radius 2 is 1.52 bits per heavy atom. The third-order valence-corrected chi connectivity index (χ3v) is 12.5. The zero-order valence-electron chi connectivity index (χ0n) is 34.7. The van der Waals surface area contributed by atoms with E-state index in [9.17, 15) is 22.8 Å². The summed E-state index contributed by atoms with van der Waals surface area (Å²) in [5.41, 5.74) is 12.1. The second kappa shape index (κ2) is 16.5. The molecule has 58 heavy (non-hydrogen) atoms. The molecule has 3 aromatic rings. The lowest BCUT2D eigenvalue weighted by Crippen LogP contribution is -2.56. The Hall–Kier alpha value is -5.31. The van der Waals surface area contributed by atoms with E-state index < -0.39 is 39.5 Å². The second-order valence-electron chi connectivity index (χ2n) is 16.9. The maximum Gasteiger partial charge on any atom is 0.410 e. The molecule has 6 rings (SSSR count). The van der Waals surface area contributed by atoms with E-state index in [1.54, 1.807) is 44.4 Å². The Bertz CT molecular complexity index is 2180. The van der Waals surface area contributed by atoms with Gasteiger partial charge in [-0.25, -0.2) is 22.7 Å². The lowest BCUT2D eigenvalue weighted by Gasteiger charge is -2.37. The SMILES string of the molecule is Cc1c(C)c(S(=O)(=O)NC(N)=NCCC[C@H](NC(=O)OCC2c3ccccc3-c3ccccc32)C(=O)N2CCN(C(=O)OC(C)(C)C)CC2)c(C)c2c1OC(C)(C)C2. The maximum absolute atomic E-state index is 14.0. The van der Waals surface area contributed by atoms with Crippen LogP contribution in [-0.4, -0.2) is 98.8 Å². The zero-order chi connectivity index (χ0) is 42.2. The number of benzene rings is 3. The molecule has 3 aliphatic rings. The van der Waals surface area contributed by atoms with Crippen molar-refractivity contribution in [2.24, 2.45) is 10.7 Å². The molecule has 14 nitrogen and oxygen atoms in total. The molecule has 2 heterocycles. The van der Waals surface area contributed by atoms with Crippen molar-refractivity contribution in [2.75, 3.05) is 39.3 Å². The predicted octanol–water partition coefficient (Wildman–Crippen LogP) is 5.69. The number of hydrogen-bond donors (Lipinski definition) is 3. The van der Waals surface area contributed by atoms with Crippen LogP contribution < -0.4 is 20.5 Å². The van der Waals surface area contributed by atoms with Gasteiger partial charge in [-0.05, 0) is 107 Å². The number of sulfonamides is 1. The highest BCUT2D eigenvalue weighted by atomic mass is 32.2. The number of piperazine rings is 1. The first-order chi connectivity index (χ1) is 27.3. The van der Waals surface area contributed by atoms with Gasteiger partial charge in [-0.3, -0.25) is 9.79 Å². The van der Waals surface area contributed by atoms with Crippen molar-refractivity contribution in [3.05, 3.63) is 81.9 Å². The van der Waals surface area contributed by atoms with Crippen molar-refractivity contribution < 1.29 is 37.0 Å². The monoisotopic (exact) mass is 816 g/mol. The third kappa shape index (κ3) is 9.19. The van der Waals surface area contributed by atoms with Crippen molar-refractivity contribution in [1.82, 2.24) is 19.8 Å². The number of rotatable bonds is 10. The molecule has 1 aliphatic carbocycles. The fourth-order valence-electron chi connectivity index (χ4n) is 8.06. The van der Waals surface area contributed by atoms with Crippen LogP contribution in [0.4, 0.5) is 9.59 Å². The highest BCUT2D eigenvalue weighted by Crippen LogP contribution is 2.45. The van der Waals surface area contributed by atoms with E-state index in [-0.39, 0.29) is 74.9 Å². The average molecular weight is 817 g/mol. The van der Waals surface area contributed by atoms with Crippen molar-refractivity contribution in [1.29, 1.82) is 0 Å². The van der Waals surface area contributed by atoms with Gasteiger partial charge in [0.15, 0.2) is 0 Å².